The highest BCUT2D eigenvalue weighted by atomic mass is 32.2. The number of hydrogen-bond donors (Lipinski definition) is 2. The topological polar surface area (TPSA) is 86.7 Å². The van der Waals surface area contributed by atoms with Gasteiger partial charge in [-0.15, -0.1) is 0 Å². The summed E-state index contributed by atoms with van der Waals surface area (Å²) >= 11 is 0. The maximum absolute atomic E-state index is 12.0. The van der Waals surface area contributed by atoms with Gasteiger partial charge in [-0.2, -0.15) is 17.4 Å². The van der Waals surface area contributed by atoms with Crippen molar-refractivity contribution >= 4 is 16.2 Å². The first kappa shape index (κ1) is 16.4. The molecule has 1 rings (SSSR count). The SMILES string of the molecule is CC1CC(C)CC(NS(=O)(=O)N(C)CCC(=O)O)C1. The third-order valence-corrected chi connectivity index (χ3v) is 5.18. The average molecular weight is 292 g/mol. The van der Waals surface area contributed by atoms with Crippen molar-refractivity contribution < 1.29 is 18.3 Å². The molecule has 2 atom stereocenters. The van der Waals surface area contributed by atoms with E-state index >= 15 is 0 Å². The summed E-state index contributed by atoms with van der Waals surface area (Å²) in [7, 11) is -2.18. The lowest BCUT2D eigenvalue weighted by molar-refractivity contribution is -0.137. The maximum atomic E-state index is 12.0. The molecule has 1 saturated carbocycles. The highest BCUT2D eigenvalue weighted by Crippen LogP contribution is 2.28. The number of rotatable bonds is 6. The van der Waals surface area contributed by atoms with Gasteiger partial charge in [-0.3, -0.25) is 4.79 Å². The highest BCUT2D eigenvalue weighted by molar-refractivity contribution is 7.87. The van der Waals surface area contributed by atoms with Crippen LogP contribution in [0.25, 0.3) is 0 Å². The number of carboxylic acids is 1. The zero-order valence-corrected chi connectivity index (χ0v) is 12.6. The largest absolute Gasteiger partial charge is 0.481 e. The van der Waals surface area contributed by atoms with Gasteiger partial charge in [-0.1, -0.05) is 13.8 Å². The number of carbonyl (C=O) groups is 1. The third kappa shape index (κ3) is 5.46. The molecular formula is C12H24N2O4S. The molecule has 2 N–H and O–H groups in total. The smallest absolute Gasteiger partial charge is 0.304 e. The van der Waals surface area contributed by atoms with Crippen LogP contribution in [0.2, 0.25) is 0 Å². The first-order valence-electron chi connectivity index (χ1n) is 6.66. The standard InChI is InChI=1S/C12H24N2O4S/c1-9-6-10(2)8-11(7-9)13-19(17,18)14(3)5-4-12(15)16/h9-11,13H,4-8H2,1-3H3,(H,15,16). The van der Waals surface area contributed by atoms with E-state index in [-0.39, 0.29) is 19.0 Å². The molecule has 112 valence electrons. The Labute approximate surface area is 115 Å². The fraction of sp³-hybridized carbons (Fsp3) is 0.917. The van der Waals surface area contributed by atoms with Crippen LogP contribution >= 0.6 is 0 Å². The number of nitrogens with zero attached hydrogens (tertiary/aromatic N) is 1. The quantitative estimate of drug-likeness (QED) is 0.766. The minimum Gasteiger partial charge on any atom is -0.481 e. The first-order chi connectivity index (χ1) is 8.70. The molecule has 0 amide bonds. The van der Waals surface area contributed by atoms with Gasteiger partial charge >= 0.3 is 5.97 Å². The van der Waals surface area contributed by atoms with Crippen LogP contribution in [-0.2, 0) is 15.0 Å². The Balaban J connectivity index is 2.55. The van der Waals surface area contributed by atoms with Gasteiger partial charge in [0, 0.05) is 19.6 Å². The molecule has 0 heterocycles. The van der Waals surface area contributed by atoms with Crippen LogP contribution in [0.15, 0.2) is 0 Å². The Bertz CT molecular complexity index is 400. The van der Waals surface area contributed by atoms with E-state index in [1.54, 1.807) is 0 Å². The van der Waals surface area contributed by atoms with E-state index in [9.17, 15) is 13.2 Å². The van der Waals surface area contributed by atoms with Gasteiger partial charge in [-0.05, 0) is 31.1 Å². The number of nitrogens with one attached hydrogen (secondary N) is 1. The van der Waals surface area contributed by atoms with Gasteiger partial charge in [0.15, 0.2) is 0 Å². The zero-order valence-electron chi connectivity index (χ0n) is 11.8. The van der Waals surface area contributed by atoms with Crippen molar-refractivity contribution in [2.24, 2.45) is 11.8 Å². The molecular weight excluding hydrogens is 268 g/mol. The van der Waals surface area contributed by atoms with Gasteiger partial charge in [0.2, 0.25) is 0 Å². The molecule has 19 heavy (non-hydrogen) atoms. The fourth-order valence-electron chi connectivity index (χ4n) is 2.72. The molecule has 0 saturated heterocycles. The zero-order chi connectivity index (χ0) is 14.6. The second-order valence-electron chi connectivity index (χ2n) is 5.70. The minimum absolute atomic E-state index is 0.0114. The van der Waals surface area contributed by atoms with Crippen LogP contribution < -0.4 is 4.72 Å². The lowest BCUT2D eigenvalue weighted by Crippen LogP contribution is -2.46. The summed E-state index contributed by atoms with van der Waals surface area (Å²) in [6.07, 6.45) is 2.63. The van der Waals surface area contributed by atoms with E-state index in [2.05, 4.69) is 18.6 Å². The molecule has 7 heteroatoms. The Morgan fingerprint density at radius 3 is 2.26 bits per heavy atom. The molecule has 0 aromatic carbocycles. The first-order valence-corrected chi connectivity index (χ1v) is 8.10. The van der Waals surface area contributed by atoms with Gasteiger partial charge < -0.3 is 5.11 Å². The van der Waals surface area contributed by atoms with Crippen molar-refractivity contribution in [2.75, 3.05) is 13.6 Å². The van der Waals surface area contributed by atoms with Gasteiger partial charge in [0.1, 0.15) is 0 Å². The Morgan fingerprint density at radius 2 is 1.79 bits per heavy atom. The van der Waals surface area contributed by atoms with Gasteiger partial charge in [0.25, 0.3) is 10.2 Å². The monoisotopic (exact) mass is 292 g/mol. The van der Waals surface area contributed by atoms with Crippen LogP contribution in [0.4, 0.5) is 0 Å². The molecule has 1 aliphatic carbocycles. The predicted octanol–water partition coefficient (Wildman–Crippen LogP) is 1.05. The summed E-state index contributed by atoms with van der Waals surface area (Å²) in [5.74, 6) is 0.0310. The fourth-order valence-corrected chi connectivity index (χ4v) is 3.84. The summed E-state index contributed by atoms with van der Waals surface area (Å²) in [6.45, 7) is 4.25. The summed E-state index contributed by atoms with van der Waals surface area (Å²) in [5, 5.41) is 8.58. The lowest BCUT2D eigenvalue weighted by Gasteiger charge is -2.32. The van der Waals surface area contributed by atoms with Crippen molar-refractivity contribution in [3.8, 4) is 0 Å². The van der Waals surface area contributed by atoms with Crippen LogP contribution in [0.3, 0.4) is 0 Å². The second-order valence-corrected chi connectivity index (χ2v) is 7.51. The highest BCUT2D eigenvalue weighted by Gasteiger charge is 2.29. The Kier molecular flexibility index (Phi) is 5.76. The van der Waals surface area contributed by atoms with E-state index in [1.165, 1.54) is 7.05 Å². The summed E-state index contributed by atoms with van der Waals surface area (Å²) in [4.78, 5) is 10.5. The summed E-state index contributed by atoms with van der Waals surface area (Å²) in [6, 6.07) is -0.0453. The molecule has 0 spiro atoms. The van der Waals surface area contributed by atoms with Crippen LogP contribution in [-0.4, -0.2) is 43.4 Å². The predicted molar refractivity (Wildman–Crippen MR) is 72.9 cm³/mol. The van der Waals surface area contributed by atoms with Crippen LogP contribution in [0.1, 0.15) is 39.5 Å². The second kappa shape index (κ2) is 6.67. The van der Waals surface area contributed by atoms with E-state index in [1.807, 2.05) is 0 Å². The van der Waals surface area contributed by atoms with Crippen molar-refractivity contribution in [1.82, 2.24) is 9.03 Å². The summed E-state index contributed by atoms with van der Waals surface area (Å²) in [5.41, 5.74) is 0. The van der Waals surface area contributed by atoms with Crippen molar-refractivity contribution in [3.05, 3.63) is 0 Å². The molecule has 0 aromatic rings. The van der Waals surface area contributed by atoms with Crippen molar-refractivity contribution in [2.45, 2.75) is 45.6 Å². The Hall–Kier alpha value is -0.660. The minimum atomic E-state index is -3.58. The molecule has 0 bridgehead atoms. The van der Waals surface area contributed by atoms with Crippen LogP contribution in [0.5, 0.6) is 0 Å². The molecule has 6 nitrogen and oxygen atoms in total. The van der Waals surface area contributed by atoms with Gasteiger partial charge in [-0.25, -0.2) is 0 Å². The van der Waals surface area contributed by atoms with E-state index < -0.39 is 16.2 Å². The average Bonchev–Trinajstić information content (AvgIpc) is 2.23. The molecule has 0 radical (unpaired) electrons. The van der Waals surface area contributed by atoms with Gasteiger partial charge in [0.05, 0.1) is 6.42 Å². The Morgan fingerprint density at radius 1 is 1.26 bits per heavy atom. The molecule has 2 unspecified atom stereocenters. The van der Waals surface area contributed by atoms with E-state index in [0.717, 1.165) is 23.6 Å². The number of carboxylic acid groups (broad SMARTS) is 1. The number of aliphatic carboxylic acids is 1. The normalized spacial score (nSPS) is 28.5. The van der Waals surface area contributed by atoms with Crippen molar-refractivity contribution in [3.63, 3.8) is 0 Å². The van der Waals surface area contributed by atoms with E-state index in [0.29, 0.717) is 11.8 Å². The van der Waals surface area contributed by atoms with E-state index in [4.69, 9.17) is 5.11 Å². The maximum Gasteiger partial charge on any atom is 0.304 e. The molecule has 0 aliphatic heterocycles. The number of hydrogen-bond acceptors (Lipinski definition) is 3. The molecule has 1 aliphatic rings. The molecule has 1 fully saturated rings. The summed E-state index contributed by atoms with van der Waals surface area (Å²) < 4.78 is 27.9. The van der Waals surface area contributed by atoms with Crippen molar-refractivity contribution in [1.29, 1.82) is 0 Å². The lowest BCUT2D eigenvalue weighted by atomic mass is 9.81. The third-order valence-electron chi connectivity index (χ3n) is 3.54. The van der Waals surface area contributed by atoms with Crippen LogP contribution in [0, 0.1) is 11.8 Å². The molecule has 0 aromatic heterocycles.